The lowest BCUT2D eigenvalue weighted by Gasteiger charge is -2.29. The largest absolute Gasteiger partial charge is 0.492 e. The van der Waals surface area contributed by atoms with Crippen LogP contribution >= 0.6 is 15.9 Å². The summed E-state index contributed by atoms with van der Waals surface area (Å²) in [5, 5.41) is 1.17. The summed E-state index contributed by atoms with van der Waals surface area (Å²) in [5.41, 5.74) is 3.52. The number of carbonyl (C=O) groups is 2. The minimum Gasteiger partial charge on any atom is -0.492 e. The minimum atomic E-state index is -0.692. The minimum absolute atomic E-state index is 0.292. The number of aryl methyl sites for hydroxylation is 1. The van der Waals surface area contributed by atoms with E-state index in [1.165, 1.54) is 5.01 Å². The fourth-order valence-corrected chi connectivity index (χ4v) is 2.99. The molecular formula is C20H31BrN2O5. The van der Waals surface area contributed by atoms with E-state index >= 15 is 0 Å². The molecule has 7 nitrogen and oxygen atoms in total. The van der Waals surface area contributed by atoms with Crippen LogP contribution in [0, 0.1) is 6.92 Å². The Kier molecular flexibility index (Phi) is 10.1. The van der Waals surface area contributed by atoms with Gasteiger partial charge in [0.05, 0.1) is 29.3 Å². The second kappa shape index (κ2) is 11.8. The Morgan fingerprint density at radius 1 is 1.11 bits per heavy atom. The molecule has 1 aromatic rings. The van der Waals surface area contributed by atoms with Gasteiger partial charge in [0.2, 0.25) is 0 Å². The molecule has 0 aliphatic heterocycles. The summed E-state index contributed by atoms with van der Waals surface area (Å²) in [6, 6.07) is 5.57. The van der Waals surface area contributed by atoms with Gasteiger partial charge in [0.15, 0.2) is 0 Å². The van der Waals surface area contributed by atoms with Gasteiger partial charge >= 0.3 is 12.2 Å². The van der Waals surface area contributed by atoms with Crippen molar-refractivity contribution < 1.29 is 23.8 Å². The number of halogens is 1. The number of nitrogens with one attached hydrogen (secondary N) is 1. The maximum atomic E-state index is 12.4. The van der Waals surface area contributed by atoms with E-state index in [0.717, 1.165) is 15.8 Å². The van der Waals surface area contributed by atoms with Crippen molar-refractivity contribution in [3.8, 4) is 5.75 Å². The highest BCUT2D eigenvalue weighted by Crippen LogP contribution is 2.28. The molecule has 1 unspecified atom stereocenters. The van der Waals surface area contributed by atoms with Gasteiger partial charge in [-0.15, -0.1) is 0 Å². The normalized spacial score (nSPS) is 11.9. The van der Waals surface area contributed by atoms with Crippen molar-refractivity contribution in [1.82, 2.24) is 10.4 Å². The molecule has 0 saturated carbocycles. The highest BCUT2D eigenvalue weighted by Gasteiger charge is 2.25. The highest BCUT2D eigenvalue weighted by molar-refractivity contribution is 9.10. The number of amides is 2. The average Bonchev–Trinajstić information content (AvgIpc) is 2.57. The number of hydrogen-bond acceptors (Lipinski definition) is 5. The van der Waals surface area contributed by atoms with Gasteiger partial charge in [0.25, 0.3) is 0 Å². The van der Waals surface area contributed by atoms with Gasteiger partial charge in [-0.05, 0) is 81.9 Å². The lowest BCUT2D eigenvalue weighted by atomic mass is 10.2. The molecule has 28 heavy (non-hydrogen) atoms. The Hall–Kier alpha value is -1.96. The fraction of sp³-hybridized carbons (Fsp3) is 0.600. The monoisotopic (exact) mass is 458 g/mol. The zero-order valence-electron chi connectivity index (χ0n) is 17.5. The van der Waals surface area contributed by atoms with Crippen LogP contribution in [0.5, 0.6) is 5.75 Å². The van der Waals surface area contributed by atoms with Crippen molar-refractivity contribution in [2.75, 3.05) is 6.61 Å². The lowest BCUT2D eigenvalue weighted by molar-refractivity contribution is 0.0318. The number of hydrazine groups is 1. The van der Waals surface area contributed by atoms with Crippen LogP contribution in [0.15, 0.2) is 22.7 Å². The Morgan fingerprint density at radius 2 is 1.75 bits per heavy atom. The zero-order valence-corrected chi connectivity index (χ0v) is 19.0. The molecule has 0 fully saturated rings. The summed E-state index contributed by atoms with van der Waals surface area (Å²) in [6.45, 7) is 11.3. The molecule has 1 N–H and O–H groups in total. The van der Waals surface area contributed by atoms with E-state index in [4.69, 9.17) is 14.2 Å². The summed E-state index contributed by atoms with van der Waals surface area (Å²) in [7, 11) is 0. The topological polar surface area (TPSA) is 77.1 Å². The van der Waals surface area contributed by atoms with Crippen LogP contribution in [-0.4, -0.2) is 42.1 Å². The fourth-order valence-electron chi connectivity index (χ4n) is 2.41. The van der Waals surface area contributed by atoms with Gasteiger partial charge in [-0.25, -0.2) is 20.0 Å². The maximum absolute atomic E-state index is 12.4. The Balaban J connectivity index is 2.63. The molecular weight excluding hydrogens is 428 g/mol. The number of rotatable bonds is 8. The van der Waals surface area contributed by atoms with E-state index in [-0.39, 0.29) is 18.2 Å². The van der Waals surface area contributed by atoms with E-state index < -0.39 is 12.2 Å². The Labute approximate surface area is 175 Å². The number of para-hydroxylation sites is 1. The molecule has 8 heteroatoms. The molecule has 0 heterocycles. The van der Waals surface area contributed by atoms with Crippen LogP contribution in [0.1, 0.15) is 53.0 Å². The van der Waals surface area contributed by atoms with Crippen LogP contribution in [0.25, 0.3) is 0 Å². The summed E-state index contributed by atoms with van der Waals surface area (Å²) >= 11 is 3.48. The quantitative estimate of drug-likeness (QED) is 0.427. The third-order valence-corrected chi connectivity index (χ3v) is 4.33. The maximum Gasteiger partial charge on any atom is 0.429 e. The molecule has 2 amide bonds. The van der Waals surface area contributed by atoms with E-state index in [2.05, 4.69) is 21.4 Å². The third-order valence-electron chi connectivity index (χ3n) is 3.70. The highest BCUT2D eigenvalue weighted by atomic mass is 79.9. The first-order valence-electron chi connectivity index (χ1n) is 9.46. The van der Waals surface area contributed by atoms with Crippen LogP contribution < -0.4 is 10.2 Å². The van der Waals surface area contributed by atoms with E-state index in [0.29, 0.717) is 19.4 Å². The third kappa shape index (κ3) is 8.37. The van der Waals surface area contributed by atoms with Crippen LogP contribution in [0.4, 0.5) is 9.59 Å². The predicted molar refractivity (Wildman–Crippen MR) is 111 cm³/mol. The SMILES string of the molecule is Cc1cccc(Br)c1OCCCC(C)N(NC(=O)OC(C)C)C(=O)OC(C)C. The average molecular weight is 459 g/mol. The van der Waals surface area contributed by atoms with E-state index in [1.807, 2.05) is 32.0 Å². The molecule has 0 aliphatic rings. The standard InChI is InChI=1S/C20H31BrN2O5/c1-13(2)27-19(24)22-23(20(25)28-14(3)4)16(6)10-8-12-26-18-15(5)9-7-11-17(18)21/h7,9,11,13-14,16H,8,10,12H2,1-6H3,(H,22,24). The summed E-state index contributed by atoms with van der Waals surface area (Å²) in [5.74, 6) is 0.810. The zero-order chi connectivity index (χ0) is 21.3. The molecule has 0 aromatic heterocycles. The molecule has 1 rings (SSSR count). The Bertz CT molecular complexity index is 631. The lowest BCUT2D eigenvalue weighted by Crippen LogP contribution is -2.52. The van der Waals surface area contributed by atoms with E-state index in [1.54, 1.807) is 27.7 Å². The number of benzene rings is 1. The molecule has 0 radical (unpaired) electrons. The number of carbonyl (C=O) groups excluding carboxylic acids is 2. The van der Waals surface area contributed by atoms with Crippen molar-refractivity contribution in [3.63, 3.8) is 0 Å². The molecule has 0 bridgehead atoms. The molecule has 1 atom stereocenters. The van der Waals surface area contributed by atoms with Gasteiger partial charge in [0.1, 0.15) is 5.75 Å². The molecule has 1 aromatic carbocycles. The summed E-state index contributed by atoms with van der Waals surface area (Å²) in [4.78, 5) is 24.3. The Morgan fingerprint density at radius 3 is 2.32 bits per heavy atom. The van der Waals surface area contributed by atoms with Gasteiger partial charge in [-0.3, -0.25) is 0 Å². The smallest absolute Gasteiger partial charge is 0.429 e. The van der Waals surface area contributed by atoms with Gasteiger partial charge < -0.3 is 14.2 Å². The number of ether oxygens (including phenoxy) is 3. The van der Waals surface area contributed by atoms with Crippen LogP contribution in [0.2, 0.25) is 0 Å². The summed E-state index contributed by atoms with van der Waals surface area (Å²) in [6.07, 6.45) is -0.605. The van der Waals surface area contributed by atoms with Crippen molar-refractivity contribution >= 4 is 28.1 Å². The van der Waals surface area contributed by atoms with E-state index in [9.17, 15) is 9.59 Å². The molecule has 0 aliphatic carbocycles. The van der Waals surface area contributed by atoms with Gasteiger partial charge in [-0.2, -0.15) is 0 Å². The first kappa shape index (κ1) is 24.1. The number of nitrogens with zero attached hydrogens (tertiary/aromatic N) is 1. The van der Waals surface area contributed by atoms with Gasteiger partial charge in [0, 0.05) is 0 Å². The predicted octanol–water partition coefficient (Wildman–Crippen LogP) is 5.20. The second-order valence-electron chi connectivity index (χ2n) is 7.09. The second-order valence-corrected chi connectivity index (χ2v) is 7.95. The van der Waals surface area contributed by atoms with Crippen molar-refractivity contribution in [3.05, 3.63) is 28.2 Å². The first-order chi connectivity index (χ1) is 13.1. The van der Waals surface area contributed by atoms with Crippen LogP contribution in [0.3, 0.4) is 0 Å². The molecule has 158 valence electrons. The van der Waals surface area contributed by atoms with Crippen LogP contribution in [-0.2, 0) is 9.47 Å². The molecule has 0 spiro atoms. The van der Waals surface area contributed by atoms with Crippen molar-refractivity contribution in [2.45, 2.75) is 72.6 Å². The first-order valence-corrected chi connectivity index (χ1v) is 10.3. The van der Waals surface area contributed by atoms with Crippen molar-refractivity contribution in [2.24, 2.45) is 0 Å². The molecule has 0 saturated heterocycles. The number of hydrogen-bond donors (Lipinski definition) is 1. The van der Waals surface area contributed by atoms with Gasteiger partial charge in [-0.1, -0.05) is 12.1 Å². The van der Waals surface area contributed by atoms with Crippen molar-refractivity contribution in [1.29, 1.82) is 0 Å². The summed E-state index contributed by atoms with van der Waals surface area (Å²) < 4.78 is 17.1.